The minimum atomic E-state index is 0.401. The number of aromatic hydroxyl groups is 1. The Labute approximate surface area is 103 Å². The third kappa shape index (κ3) is 2.15. The molecule has 76 valence electrons. The average Bonchev–Trinajstić information content (AvgIpc) is 2.30. The Morgan fingerprint density at radius 3 is 2.33 bits per heavy atom. The van der Waals surface area contributed by atoms with E-state index in [1.807, 2.05) is 48.5 Å². The van der Waals surface area contributed by atoms with Gasteiger partial charge in [-0.3, -0.25) is 0 Å². The fraction of sp³-hybridized carbons (Fsp3) is 0.0769. The molecule has 0 spiro atoms. The number of halogens is 1. The molecule has 2 heteroatoms. The Bertz CT molecular complexity index is 451. The molecule has 0 fully saturated rings. The van der Waals surface area contributed by atoms with E-state index >= 15 is 0 Å². The highest BCUT2D eigenvalue weighted by atomic mass is 127. The second kappa shape index (κ2) is 4.66. The predicted molar refractivity (Wildman–Crippen MR) is 71.3 cm³/mol. The van der Waals surface area contributed by atoms with Crippen LogP contribution in [0.1, 0.15) is 5.56 Å². The molecule has 1 N–H and O–H groups in total. The first kappa shape index (κ1) is 10.5. The maximum Gasteiger partial charge on any atom is 0.127 e. The van der Waals surface area contributed by atoms with E-state index in [1.165, 1.54) is 0 Å². The van der Waals surface area contributed by atoms with Gasteiger partial charge in [0.15, 0.2) is 0 Å². The summed E-state index contributed by atoms with van der Waals surface area (Å²) in [7, 11) is 0. The number of para-hydroxylation sites is 1. The molecular formula is C13H11IO. The lowest BCUT2D eigenvalue weighted by Crippen LogP contribution is -1.83. The van der Waals surface area contributed by atoms with Crippen LogP contribution in [0, 0.1) is 0 Å². The van der Waals surface area contributed by atoms with Crippen molar-refractivity contribution >= 4 is 22.6 Å². The monoisotopic (exact) mass is 310 g/mol. The minimum absolute atomic E-state index is 0.401. The number of alkyl halides is 1. The van der Waals surface area contributed by atoms with Crippen LogP contribution in [0.4, 0.5) is 0 Å². The van der Waals surface area contributed by atoms with Crippen molar-refractivity contribution < 1.29 is 5.11 Å². The summed E-state index contributed by atoms with van der Waals surface area (Å²) in [4.78, 5) is 0. The summed E-state index contributed by atoms with van der Waals surface area (Å²) in [6.45, 7) is 0. The van der Waals surface area contributed by atoms with Crippen molar-refractivity contribution in [3.63, 3.8) is 0 Å². The van der Waals surface area contributed by atoms with Crippen LogP contribution in [-0.2, 0) is 4.43 Å². The van der Waals surface area contributed by atoms with Gasteiger partial charge in [-0.2, -0.15) is 0 Å². The molecule has 0 saturated heterocycles. The zero-order valence-electron chi connectivity index (χ0n) is 8.15. The quantitative estimate of drug-likeness (QED) is 0.657. The van der Waals surface area contributed by atoms with Crippen molar-refractivity contribution in [2.24, 2.45) is 0 Å². The normalized spacial score (nSPS) is 10.2. The van der Waals surface area contributed by atoms with Crippen molar-refractivity contribution in [1.82, 2.24) is 0 Å². The van der Waals surface area contributed by atoms with Crippen molar-refractivity contribution in [2.45, 2.75) is 4.43 Å². The number of phenols is 1. The molecule has 0 saturated carbocycles. The van der Waals surface area contributed by atoms with Gasteiger partial charge < -0.3 is 5.11 Å². The van der Waals surface area contributed by atoms with Gasteiger partial charge in [-0.25, -0.2) is 0 Å². The Morgan fingerprint density at radius 2 is 1.67 bits per heavy atom. The van der Waals surface area contributed by atoms with Crippen LogP contribution in [-0.4, -0.2) is 5.11 Å². The van der Waals surface area contributed by atoms with E-state index < -0.39 is 0 Å². The molecule has 2 rings (SSSR count). The van der Waals surface area contributed by atoms with E-state index in [4.69, 9.17) is 0 Å². The Morgan fingerprint density at radius 1 is 0.933 bits per heavy atom. The van der Waals surface area contributed by atoms with Gasteiger partial charge >= 0.3 is 0 Å². The van der Waals surface area contributed by atoms with Crippen LogP contribution in [0.5, 0.6) is 5.75 Å². The number of hydrogen-bond acceptors (Lipinski definition) is 1. The first-order valence-electron chi connectivity index (χ1n) is 4.75. The first-order chi connectivity index (χ1) is 7.33. The van der Waals surface area contributed by atoms with Crippen LogP contribution < -0.4 is 0 Å². The second-order valence-electron chi connectivity index (χ2n) is 3.31. The van der Waals surface area contributed by atoms with Gasteiger partial charge in [0.2, 0.25) is 0 Å². The van der Waals surface area contributed by atoms with Gasteiger partial charge in [0.25, 0.3) is 0 Å². The average molecular weight is 310 g/mol. The zero-order chi connectivity index (χ0) is 10.7. The lowest BCUT2D eigenvalue weighted by molar-refractivity contribution is 0.473. The highest BCUT2D eigenvalue weighted by Gasteiger charge is 2.06. The summed E-state index contributed by atoms with van der Waals surface area (Å²) in [5, 5.41) is 10.0. The van der Waals surface area contributed by atoms with E-state index in [9.17, 15) is 5.11 Å². The van der Waals surface area contributed by atoms with Crippen LogP contribution >= 0.6 is 22.6 Å². The van der Waals surface area contributed by atoms with Crippen molar-refractivity contribution in [3.8, 4) is 16.9 Å². The number of rotatable bonds is 2. The standard InChI is InChI=1S/C13H11IO/c14-9-11-7-4-8-12(13(11)15)10-5-2-1-3-6-10/h1-8,15H,9H2. The van der Waals surface area contributed by atoms with Crippen LogP contribution in [0.15, 0.2) is 48.5 Å². The van der Waals surface area contributed by atoms with Crippen LogP contribution in [0.25, 0.3) is 11.1 Å². The van der Waals surface area contributed by atoms with E-state index in [2.05, 4.69) is 22.6 Å². The molecule has 15 heavy (non-hydrogen) atoms. The van der Waals surface area contributed by atoms with E-state index in [0.29, 0.717) is 5.75 Å². The smallest absolute Gasteiger partial charge is 0.127 e. The molecule has 0 amide bonds. The molecule has 0 radical (unpaired) electrons. The van der Waals surface area contributed by atoms with Gasteiger partial charge in [-0.15, -0.1) is 0 Å². The molecule has 0 heterocycles. The Balaban J connectivity index is 2.54. The van der Waals surface area contributed by atoms with Gasteiger partial charge in [0.1, 0.15) is 5.75 Å². The molecule has 0 aliphatic heterocycles. The molecule has 0 aromatic heterocycles. The van der Waals surface area contributed by atoms with Crippen molar-refractivity contribution in [1.29, 1.82) is 0 Å². The third-order valence-corrected chi connectivity index (χ3v) is 3.17. The molecular weight excluding hydrogens is 299 g/mol. The van der Waals surface area contributed by atoms with Crippen LogP contribution in [0.3, 0.4) is 0 Å². The summed E-state index contributed by atoms with van der Waals surface area (Å²) in [6, 6.07) is 15.8. The third-order valence-electron chi connectivity index (χ3n) is 2.35. The summed E-state index contributed by atoms with van der Waals surface area (Å²) < 4.78 is 0.824. The molecule has 2 aromatic rings. The van der Waals surface area contributed by atoms with Crippen molar-refractivity contribution in [2.75, 3.05) is 0 Å². The molecule has 0 unspecified atom stereocenters. The number of phenolic OH excluding ortho intramolecular Hbond substituents is 1. The maximum atomic E-state index is 10.0. The molecule has 0 aliphatic rings. The summed E-state index contributed by atoms with van der Waals surface area (Å²) >= 11 is 2.25. The Kier molecular flexibility index (Phi) is 3.26. The Hall–Kier alpha value is -1.03. The fourth-order valence-electron chi connectivity index (χ4n) is 1.55. The summed E-state index contributed by atoms with van der Waals surface area (Å²) in [5.74, 6) is 0.401. The number of hydrogen-bond donors (Lipinski definition) is 1. The summed E-state index contributed by atoms with van der Waals surface area (Å²) in [6.07, 6.45) is 0. The first-order valence-corrected chi connectivity index (χ1v) is 6.27. The lowest BCUT2D eigenvalue weighted by atomic mass is 10.0. The van der Waals surface area contributed by atoms with E-state index in [0.717, 1.165) is 21.1 Å². The van der Waals surface area contributed by atoms with Crippen molar-refractivity contribution in [3.05, 3.63) is 54.1 Å². The minimum Gasteiger partial charge on any atom is -0.507 e. The SMILES string of the molecule is Oc1c(CI)cccc1-c1ccccc1. The topological polar surface area (TPSA) is 20.2 Å². The molecule has 0 bridgehead atoms. The summed E-state index contributed by atoms with van der Waals surface area (Å²) in [5.41, 5.74) is 2.95. The van der Waals surface area contributed by atoms with Gasteiger partial charge in [0, 0.05) is 15.6 Å². The predicted octanol–water partition coefficient (Wildman–Crippen LogP) is 3.99. The zero-order valence-corrected chi connectivity index (χ0v) is 10.3. The number of benzene rings is 2. The maximum absolute atomic E-state index is 10.0. The van der Waals surface area contributed by atoms with Gasteiger partial charge in [-0.1, -0.05) is 71.1 Å². The lowest BCUT2D eigenvalue weighted by Gasteiger charge is -2.07. The molecule has 0 aliphatic carbocycles. The van der Waals surface area contributed by atoms with E-state index in [1.54, 1.807) is 0 Å². The van der Waals surface area contributed by atoms with E-state index in [-0.39, 0.29) is 0 Å². The van der Waals surface area contributed by atoms with Crippen LogP contribution in [0.2, 0.25) is 0 Å². The van der Waals surface area contributed by atoms with Gasteiger partial charge in [0.05, 0.1) is 0 Å². The van der Waals surface area contributed by atoms with Gasteiger partial charge in [-0.05, 0) is 5.56 Å². The molecule has 2 aromatic carbocycles. The second-order valence-corrected chi connectivity index (χ2v) is 4.08. The molecule has 1 nitrogen and oxygen atoms in total. The highest BCUT2D eigenvalue weighted by Crippen LogP contribution is 2.32. The largest absolute Gasteiger partial charge is 0.507 e. The molecule has 0 atom stereocenters. The highest BCUT2D eigenvalue weighted by molar-refractivity contribution is 14.1. The fourth-order valence-corrected chi connectivity index (χ4v) is 2.17.